The lowest BCUT2D eigenvalue weighted by Crippen LogP contribution is -2.21. The third-order valence-corrected chi connectivity index (χ3v) is 5.20. The molecule has 5 nitrogen and oxygen atoms in total. The predicted molar refractivity (Wildman–Crippen MR) is 68.2 cm³/mol. The fraction of sp³-hybridized carbons (Fsp3) is 0.545. The maximum atomic E-state index is 10.9. The number of thiazole rings is 1. The van der Waals surface area contributed by atoms with Gasteiger partial charge in [0.1, 0.15) is 5.25 Å². The van der Waals surface area contributed by atoms with Gasteiger partial charge in [0.05, 0.1) is 11.6 Å². The Bertz CT molecular complexity index is 485. The molecule has 0 spiro atoms. The van der Waals surface area contributed by atoms with Gasteiger partial charge in [-0.1, -0.05) is 11.8 Å². The van der Waals surface area contributed by atoms with Crippen LogP contribution in [0.5, 0.6) is 0 Å². The summed E-state index contributed by atoms with van der Waals surface area (Å²) in [6, 6.07) is 0. The number of fused-ring (bicyclic) bond motifs is 1. The number of carboxylic acids is 2. The Labute approximate surface area is 112 Å². The highest BCUT2D eigenvalue weighted by molar-refractivity contribution is 8.02. The standard InChI is InChI=1S/C11H13NO4S2/c1-5(9(13)14)17-11-12-7-3-2-6(10(15)16)4-8(7)18-11/h5-6H,2-4H2,1H3,(H,13,14)(H,15,16)/t5?,6-/m0/s1. The Hall–Kier alpha value is -1.08. The van der Waals surface area contributed by atoms with E-state index in [-0.39, 0.29) is 5.92 Å². The van der Waals surface area contributed by atoms with Gasteiger partial charge in [0.25, 0.3) is 0 Å². The fourth-order valence-electron chi connectivity index (χ4n) is 1.81. The van der Waals surface area contributed by atoms with Crippen LogP contribution in [0.3, 0.4) is 0 Å². The maximum absolute atomic E-state index is 10.9. The van der Waals surface area contributed by atoms with Crippen LogP contribution in [0.1, 0.15) is 23.9 Å². The molecule has 18 heavy (non-hydrogen) atoms. The van der Waals surface area contributed by atoms with Crippen LogP contribution in [-0.2, 0) is 22.4 Å². The highest BCUT2D eigenvalue weighted by Crippen LogP contribution is 2.35. The molecule has 0 aromatic carbocycles. The summed E-state index contributed by atoms with van der Waals surface area (Å²) < 4.78 is 0.723. The molecule has 0 saturated carbocycles. The van der Waals surface area contributed by atoms with Gasteiger partial charge in [0.2, 0.25) is 0 Å². The van der Waals surface area contributed by atoms with E-state index < -0.39 is 17.2 Å². The molecule has 2 rings (SSSR count). The van der Waals surface area contributed by atoms with Crippen LogP contribution in [0.2, 0.25) is 0 Å². The van der Waals surface area contributed by atoms with Crippen molar-refractivity contribution >= 4 is 35.0 Å². The number of aromatic nitrogens is 1. The first-order valence-electron chi connectivity index (χ1n) is 5.58. The second-order valence-corrected chi connectivity index (χ2v) is 6.90. The van der Waals surface area contributed by atoms with Gasteiger partial charge in [0, 0.05) is 4.88 Å². The van der Waals surface area contributed by atoms with Crippen LogP contribution < -0.4 is 0 Å². The van der Waals surface area contributed by atoms with Crippen molar-refractivity contribution < 1.29 is 19.8 Å². The summed E-state index contributed by atoms with van der Waals surface area (Å²) in [6.45, 7) is 1.62. The van der Waals surface area contributed by atoms with E-state index in [0.29, 0.717) is 19.3 Å². The van der Waals surface area contributed by atoms with Crippen molar-refractivity contribution in [2.45, 2.75) is 35.8 Å². The van der Waals surface area contributed by atoms with Gasteiger partial charge in [-0.05, 0) is 26.2 Å². The lowest BCUT2D eigenvalue weighted by atomic mass is 9.91. The molecular formula is C11H13NO4S2. The Morgan fingerprint density at radius 2 is 2.22 bits per heavy atom. The van der Waals surface area contributed by atoms with Crippen LogP contribution >= 0.6 is 23.1 Å². The Morgan fingerprint density at radius 3 is 2.83 bits per heavy atom. The van der Waals surface area contributed by atoms with Crippen molar-refractivity contribution in [3.63, 3.8) is 0 Å². The van der Waals surface area contributed by atoms with Crippen molar-refractivity contribution in [1.29, 1.82) is 0 Å². The average molecular weight is 287 g/mol. The summed E-state index contributed by atoms with van der Waals surface area (Å²) >= 11 is 2.64. The minimum absolute atomic E-state index is 0.326. The van der Waals surface area contributed by atoms with Gasteiger partial charge in [-0.25, -0.2) is 4.98 Å². The molecular weight excluding hydrogens is 274 g/mol. The lowest BCUT2D eigenvalue weighted by Gasteiger charge is -2.16. The van der Waals surface area contributed by atoms with Crippen LogP contribution in [0.15, 0.2) is 4.34 Å². The van der Waals surface area contributed by atoms with Gasteiger partial charge in [-0.3, -0.25) is 9.59 Å². The third-order valence-electron chi connectivity index (χ3n) is 2.89. The number of rotatable bonds is 4. The minimum atomic E-state index is -0.864. The van der Waals surface area contributed by atoms with Crippen LogP contribution in [-0.4, -0.2) is 32.4 Å². The molecule has 7 heteroatoms. The first kappa shape index (κ1) is 13.4. The number of aryl methyl sites for hydroxylation is 1. The molecule has 1 aromatic heterocycles. The van der Waals surface area contributed by atoms with E-state index in [1.807, 2.05) is 0 Å². The van der Waals surface area contributed by atoms with E-state index in [4.69, 9.17) is 10.2 Å². The quantitative estimate of drug-likeness (QED) is 0.822. The summed E-state index contributed by atoms with van der Waals surface area (Å²) in [4.78, 5) is 27.1. The van der Waals surface area contributed by atoms with Crippen LogP contribution in [0.25, 0.3) is 0 Å². The Morgan fingerprint density at radius 1 is 1.50 bits per heavy atom. The number of hydrogen-bond acceptors (Lipinski definition) is 5. The lowest BCUT2D eigenvalue weighted by molar-refractivity contribution is -0.142. The van der Waals surface area contributed by atoms with Gasteiger partial charge in [-0.15, -0.1) is 11.3 Å². The molecule has 0 radical (unpaired) electrons. The zero-order valence-electron chi connectivity index (χ0n) is 9.75. The largest absolute Gasteiger partial charge is 0.481 e. The average Bonchev–Trinajstić information content (AvgIpc) is 2.69. The van der Waals surface area contributed by atoms with Crippen molar-refractivity contribution in [3.8, 4) is 0 Å². The van der Waals surface area contributed by atoms with E-state index >= 15 is 0 Å². The van der Waals surface area contributed by atoms with Gasteiger partial charge < -0.3 is 10.2 Å². The first-order chi connectivity index (χ1) is 8.47. The van der Waals surface area contributed by atoms with E-state index in [0.717, 1.165) is 14.9 Å². The van der Waals surface area contributed by atoms with Crippen molar-refractivity contribution in [1.82, 2.24) is 4.98 Å². The van der Waals surface area contributed by atoms with Gasteiger partial charge in [-0.2, -0.15) is 0 Å². The number of carboxylic acid groups (broad SMARTS) is 2. The van der Waals surface area contributed by atoms with Crippen molar-refractivity contribution in [3.05, 3.63) is 10.6 Å². The number of hydrogen-bond donors (Lipinski definition) is 2. The predicted octanol–water partition coefficient (Wildman–Crippen LogP) is 1.90. The summed E-state index contributed by atoms with van der Waals surface area (Å²) in [5, 5.41) is 17.3. The summed E-state index contributed by atoms with van der Waals surface area (Å²) in [6.07, 6.45) is 1.81. The minimum Gasteiger partial charge on any atom is -0.481 e. The van der Waals surface area contributed by atoms with E-state index in [2.05, 4.69) is 4.98 Å². The van der Waals surface area contributed by atoms with E-state index in [1.165, 1.54) is 23.1 Å². The Balaban J connectivity index is 2.10. The summed E-state index contributed by atoms with van der Waals surface area (Å²) in [5.74, 6) is -1.95. The molecule has 1 aliphatic carbocycles. The third kappa shape index (κ3) is 2.84. The second-order valence-electron chi connectivity index (χ2n) is 4.23. The summed E-state index contributed by atoms with van der Waals surface area (Å²) in [5.41, 5.74) is 0.942. The second kappa shape index (κ2) is 5.27. The molecule has 1 heterocycles. The molecule has 1 unspecified atom stereocenters. The topological polar surface area (TPSA) is 87.5 Å². The molecule has 1 aromatic rings. The Kier molecular flexibility index (Phi) is 3.91. The molecule has 2 N–H and O–H groups in total. The molecule has 2 atom stereocenters. The van der Waals surface area contributed by atoms with Gasteiger partial charge >= 0.3 is 11.9 Å². The number of aliphatic carboxylic acids is 2. The first-order valence-corrected chi connectivity index (χ1v) is 7.28. The van der Waals surface area contributed by atoms with E-state index in [1.54, 1.807) is 6.92 Å². The molecule has 0 saturated heterocycles. The SMILES string of the molecule is CC(Sc1nc2c(s1)C[C@@H](C(=O)O)CC2)C(=O)O. The monoisotopic (exact) mass is 287 g/mol. The molecule has 0 bridgehead atoms. The zero-order valence-corrected chi connectivity index (χ0v) is 11.4. The normalized spacial score (nSPS) is 20.2. The zero-order chi connectivity index (χ0) is 13.3. The maximum Gasteiger partial charge on any atom is 0.316 e. The number of carbonyl (C=O) groups is 2. The summed E-state index contributed by atoms with van der Waals surface area (Å²) in [7, 11) is 0. The fourth-order valence-corrected chi connectivity index (χ4v) is 4.22. The van der Waals surface area contributed by atoms with Gasteiger partial charge in [0.15, 0.2) is 4.34 Å². The molecule has 0 amide bonds. The highest BCUT2D eigenvalue weighted by Gasteiger charge is 2.27. The molecule has 98 valence electrons. The van der Waals surface area contributed by atoms with E-state index in [9.17, 15) is 9.59 Å². The highest BCUT2D eigenvalue weighted by atomic mass is 32.2. The molecule has 1 aliphatic rings. The van der Waals surface area contributed by atoms with Crippen LogP contribution in [0.4, 0.5) is 0 Å². The molecule has 0 aliphatic heterocycles. The van der Waals surface area contributed by atoms with Crippen molar-refractivity contribution in [2.75, 3.05) is 0 Å². The molecule has 0 fully saturated rings. The van der Waals surface area contributed by atoms with Crippen molar-refractivity contribution in [2.24, 2.45) is 5.92 Å². The van der Waals surface area contributed by atoms with Crippen LogP contribution in [0, 0.1) is 5.92 Å². The number of thioether (sulfide) groups is 1. The number of nitrogens with zero attached hydrogens (tertiary/aromatic N) is 1. The smallest absolute Gasteiger partial charge is 0.316 e.